The first kappa shape index (κ1) is 13.5. The summed E-state index contributed by atoms with van der Waals surface area (Å²) < 4.78 is 0. The zero-order valence-electron chi connectivity index (χ0n) is 10.3. The van der Waals surface area contributed by atoms with Crippen molar-refractivity contribution < 1.29 is 4.79 Å². The Morgan fingerprint density at radius 2 is 1.94 bits per heavy atom. The summed E-state index contributed by atoms with van der Waals surface area (Å²) >= 11 is 0. The van der Waals surface area contributed by atoms with Crippen LogP contribution in [0.3, 0.4) is 0 Å². The largest absolute Gasteiger partial charge is 0.370 e. The number of guanidine groups is 2. The fraction of sp³-hybridized carbons (Fsp3) is 0.182. The smallest absolute Gasteiger partial charge is 0.251 e. The van der Waals surface area contributed by atoms with Gasteiger partial charge in [0.15, 0.2) is 5.96 Å². The molecule has 1 amide bonds. The standard InChI is InChI=1S/C11H16N6O/c1-6-5-7(9(18)15-2)3-4-8(6)16-11(14)17-10(12)13/h3-5H,1-2H3,(H,15,18)(H6,12,13,14,16,17). The summed E-state index contributed by atoms with van der Waals surface area (Å²) in [5.74, 6) is -0.354. The lowest BCUT2D eigenvalue weighted by Gasteiger charge is -2.04. The van der Waals surface area contributed by atoms with Gasteiger partial charge in [0.25, 0.3) is 5.91 Å². The van der Waals surface area contributed by atoms with E-state index in [1.54, 1.807) is 25.2 Å². The van der Waals surface area contributed by atoms with Gasteiger partial charge >= 0.3 is 0 Å². The van der Waals surface area contributed by atoms with E-state index < -0.39 is 0 Å². The first-order valence-corrected chi connectivity index (χ1v) is 5.20. The van der Waals surface area contributed by atoms with E-state index >= 15 is 0 Å². The summed E-state index contributed by atoms with van der Waals surface area (Å²) in [4.78, 5) is 19.1. The Balaban J connectivity index is 3.07. The van der Waals surface area contributed by atoms with Crippen LogP contribution in [0.2, 0.25) is 0 Å². The Morgan fingerprint density at radius 1 is 1.28 bits per heavy atom. The monoisotopic (exact) mass is 248 g/mol. The summed E-state index contributed by atoms with van der Waals surface area (Å²) in [6, 6.07) is 5.03. The summed E-state index contributed by atoms with van der Waals surface area (Å²) in [5.41, 5.74) is 17.8. The molecule has 0 bridgehead atoms. The number of amides is 1. The average molecular weight is 248 g/mol. The summed E-state index contributed by atoms with van der Waals surface area (Å²) in [6.07, 6.45) is 0. The number of nitrogens with two attached hydrogens (primary N) is 3. The van der Waals surface area contributed by atoms with E-state index in [2.05, 4.69) is 15.3 Å². The predicted octanol–water partition coefficient (Wildman–Crippen LogP) is -0.426. The van der Waals surface area contributed by atoms with Gasteiger partial charge in [0.2, 0.25) is 5.96 Å². The topological polar surface area (TPSA) is 132 Å². The molecule has 0 fully saturated rings. The summed E-state index contributed by atoms with van der Waals surface area (Å²) in [7, 11) is 1.57. The van der Waals surface area contributed by atoms with Gasteiger partial charge < -0.3 is 22.5 Å². The van der Waals surface area contributed by atoms with Crippen molar-refractivity contribution in [3.8, 4) is 0 Å². The van der Waals surface area contributed by atoms with E-state index in [0.29, 0.717) is 11.3 Å². The highest BCUT2D eigenvalue weighted by atomic mass is 16.1. The fourth-order valence-electron chi connectivity index (χ4n) is 1.35. The van der Waals surface area contributed by atoms with Gasteiger partial charge in [-0.3, -0.25) is 4.79 Å². The van der Waals surface area contributed by atoms with Crippen LogP contribution in [0.15, 0.2) is 28.2 Å². The molecule has 0 radical (unpaired) electrons. The molecule has 0 unspecified atom stereocenters. The lowest BCUT2D eigenvalue weighted by molar-refractivity contribution is 0.0963. The zero-order valence-corrected chi connectivity index (χ0v) is 10.3. The van der Waals surface area contributed by atoms with E-state index in [4.69, 9.17) is 17.2 Å². The van der Waals surface area contributed by atoms with Crippen molar-refractivity contribution in [3.63, 3.8) is 0 Å². The van der Waals surface area contributed by atoms with E-state index in [-0.39, 0.29) is 17.8 Å². The van der Waals surface area contributed by atoms with E-state index in [0.717, 1.165) is 5.56 Å². The van der Waals surface area contributed by atoms with Crippen molar-refractivity contribution in [2.24, 2.45) is 27.2 Å². The number of hydrogen-bond acceptors (Lipinski definition) is 2. The third-order valence-electron chi connectivity index (χ3n) is 2.16. The molecule has 0 aromatic heterocycles. The van der Waals surface area contributed by atoms with Crippen LogP contribution in [0.5, 0.6) is 0 Å². The molecule has 0 aliphatic heterocycles. The molecule has 0 saturated heterocycles. The molecule has 96 valence electrons. The Bertz CT molecular complexity index is 516. The van der Waals surface area contributed by atoms with Crippen molar-refractivity contribution in [1.82, 2.24) is 5.32 Å². The maximum absolute atomic E-state index is 11.4. The maximum atomic E-state index is 11.4. The number of nitrogens with zero attached hydrogens (tertiary/aromatic N) is 2. The van der Waals surface area contributed by atoms with Gasteiger partial charge in [-0.25, -0.2) is 4.99 Å². The normalized spacial score (nSPS) is 10.9. The molecule has 18 heavy (non-hydrogen) atoms. The molecule has 7 heteroatoms. The van der Waals surface area contributed by atoms with E-state index in [1.165, 1.54) is 0 Å². The SMILES string of the molecule is CNC(=O)c1ccc(N=C(N)N=C(N)N)c(C)c1. The molecular formula is C11H16N6O. The number of rotatable bonds is 2. The highest BCUT2D eigenvalue weighted by Crippen LogP contribution is 2.19. The molecule has 0 heterocycles. The molecule has 1 aromatic carbocycles. The molecule has 1 aromatic rings. The second kappa shape index (κ2) is 5.67. The quantitative estimate of drug-likeness (QED) is 0.417. The van der Waals surface area contributed by atoms with Crippen molar-refractivity contribution in [3.05, 3.63) is 29.3 Å². The van der Waals surface area contributed by atoms with Crippen molar-refractivity contribution >= 4 is 23.5 Å². The molecule has 0 saturated carbocycles. The predicted molar refractivity (Wildman–Crippen MR) is 71.7 cm³/mol. The van der Waals surface area contributed by atoms with Crippen LogP contribution < -0.4 is 22.5 Å². The Labute approximate surface area is 105 Å². The molecule has 1 rings (SSSR count). The van der Waals surface area contributed by atoms with Crippen molar-refractivity contribution in [2.75, 3.05) is 7.05 Å². The highest BCUT2D eigenvalue weighted by molar-refractivity contribution is 5.95. The van der Waals surface area contributed by atoms with Gasteiger partial charge in [0.05, 0.1) is 5.69 Å². The van der Waals surface area contributed by atoms with Crippen LogP contribution in [-0.4, -0.2) is 24.9 Å². The molecule has 0 aliphatic rings. The van der Waals surface area contributed by atoms with Gasteiger partial charge in [-0.1, -0.05) is 0 Å². The van der Waals surface area contributed by atoms with Gasteiger partial charge in [0, 0.05) is 12.6 Å². The van der Waals surface area contributed by atoms with Crippen LogP contribution in [-0.2, 0) is 0 Å². The number of carbonyl (C=O) groups is 1. The second-order valence-electron chi connectivity index (χ2n) is 3.59. The molecule has 7 nitrogen and oxygen atoms in total. The number of nitrogens with one attached hydrogen (secondary N) is 1. The van der Waals surface area contributed by atoms with E-state index in [9.17, 15) is 4.79 Å². The molecule has 0 spiro atoms. The van der Waals surface area contributed by atoms with Crippen LogP contribution in [0.25, 0.3) is 0 Å². The Kier molecular flexibility index (Phi) is 4.25. The third-order valence-corrected chi connectivity index (χ3v) is 2.16. The number of aliphatic imine (C=N–C) groups is 2. The maximum Gasteiger partial charge on any atom is 0.251 e. The number of hydrogen-bond donors (Lipinski definition) is 4. The number of benzene rings is 1. The van der Waals surface area contributed by atoms with E-state index in [1.807, 2.05) is 6.92 Å². The molecule has 0 aliphatic carbocycles. The fourth-order valence-corrected chi connectivity index (χ4v) is 1.35. The minimum Gasteiger partial charge on any atom is -0.370 e. The zero-order chi connectivity index (χ0) is 13.7. The van der Waals surface area contributed by atoms with Crippen LogP contribution >= 0.6 is 0 Å². The van der Waals surface area contributed by atoms with Gasteiger partial charge in [-0.2, -0.15) is 4.99 Å². The van der Waals surface area contributed by atoms with Crippen LogP contribution in [0.1, 0.15) is 15.9 Å². The van der Waals surface area contributed by atoms with Crippen LogP contribution in [0, 0.1) is 6.92 Å². The molecule has 0 atom stereocenters. The first-order chi connectivity index (χ1) is 8.43. The lowest BCUT2D eigenvalue weighted by atomic mass is 10.1. The molecule has 7 N–H and O–H groups in total. The lowest BCUT2D eigenvalue weighted by Crippen LogP contribution is -2.26. The average Bonchev–Trinajstić information content (AvgIpc) is 2.29. The highest BCUT2D eigenvalue weighted by Gasteiger charge is 2.05. The summed E-state index contributed by atoms with van der Waals surface area (Å²) in [6.45, 7) is 1.81. The molecular weight excluding hydrogens is 232 g/mol. The van der Waals surface area contributed by atoms with Gasteiger partial charge in [-0.05, 0) is 30.7 Å². The van der Waals surface area contributed by atoms with Crippen molar-refractivity contribution in [2.45, 2.75) is 6.92 Å². The minimum absolute atomic E-state index is 0.0363. The first-order valence-electron chi connectivity index (χ1n) is 5.20. The number of carbonyl (C=O) groups excluding carboxylic acids is 1. The minimum atomic E-state index is -0.161. The van der Waals surface area contributed by atoms with Gasteiger partial charge in [0.1, 0.15) is 0 Å². The second-order valence-corrected chi connectivity index (χ2v) is 3.59. The Morgan fingerprint density at radius 3 is 2.44 bits per heavy atom. The number of aryl methyl sites for hydroxylation is 1. The third kappa shape index (κ3) is 3.48. The van der Waals surface area contributed by atoms with Crippen LogP contribution in [0.4, 0.5) is 5.69 Å². The Hall–Kier alpha value is -2.57. The summed E-state index contributed by atoms with van der Waals surface area (Å²) in [5, 5.41) is 2.54. The van der Waals surface area contributed by atoms with Crippen molar-refractivity contribution in [1.29, 1.82) is 0 Å². The van der Waals surface area contributed by atoms with Gasteiger partial charge in [-0.15, -0.1) is 0 Å².